The minimum Gasteiger partial charge on any atom is -0.493 e. The summed E-state index contributed by atoms with van der Waals surface area (Å²) < 4.78 is 15.1. The summed E-state index contributed by atoms with van der Waals surface area (Å²) in [4.78, 5) is 24.9. The number of nitrogens with zero attached hydrogens (tertiary/aromatic N) is 1. The molecule has 1 aromatic rings. The van der Waals surface area contributed by atoms with E-state index in [9.17, 15) is 9.59 Å². The highest BCUT2D eigenvalue weighted by Crippen LogP contribution is 2.33. The van der Waals surface area contributed by atoms with Crippen LogP contribution in [0.1, 0.15) is 17.5 Å². The molecule has 7 nitrogen and oxygen atoms in total. The second kappa shape index (κ2) is 7.71. The van der Waals surface area contributed by atoms with Gasteiger partial charge in [0.15, 0.2) is 11.5 Å². The normalized spacial score (nSPS) is 13.1. The molecule has 0 radical (unpaired) electrons. The monoisotopic (exact) mass is 322 g/mol. The SMILES string of the molecule is COC(=O)CCNC(=O)N1CCc2cc(OC)c(OC)cc2C1. The van der Waals surface area contributed by atoms with Crippen molar-refractivity contribution in [2.45, 2.75) is 19.4 Å². The summed E-state index contributed by atoms with van der Waals surface area (Å²) in [6.07, 6.45) is 0.914. The van der Waals surface area contributed by atoms with E-state index in [2.05, 4.69) is 10.1 Å². The van der Waals surface area contributed by atoms with Gasteiger partial charge in [0.25, 0.3) is 0 Å². The van der Waals surface area contributed by atoms with Crippen LogP contribution >= 0.6 is 0 Å². The van der Waals surface area contributed by atoms with Gasteiger partial charge in [0.05, 0.1) is 27.8 Å². The molecule has 1 aromatic carbocycles. The largest absolute Gasteiger partial charge is 0.493 e. The van der Waals surface area contributed by atoms with E-state index in [4.69, 9.17) is 9.47 Å². The Morgan fingerprint density at radius 1 is 1.13 bits per heavy atom. The van der Waals surface area contributed by atoms with Gasteiger partial charge >= 0.3 is 12.0 Å². The van der Waals surface area contributed by atoms with Crippen LogP contribution in [0.4, 0.5) is 4.79 Å². The second-order valence-corrected chi connectivity index (χ2v) is 5.21. The third kappa shape index (κ3) is 4.06. The average Bonchev–Trinajstić information content (AvgIpc) is 2.59. The van der Waals surface area contributed by atoms with Gasteiger partial charge in [0.1, 0.15) is 0 Å². The first-order valence-corrected chi connectivity index (χ1v) is 7.42. The summed E-state index contributed by atoms with van der Waals surface area (Å²) in [5, 5.41) is 2.73. The number of nitrogens with one attached hydrogen (secondary N) is 1. The molecule has 1 heterocycles. The Hall–Kier alpha value is -2.44. The Morgan fingerprint density at radius 3 is 2.39 bits per heavy atom. The number of benzene rings is 1. The standard InChI is InChI=1S/C16H22N2O5/c1-21-13-8-11-5-7-18(10-12(11)9-14(13)22-2)16(20)17-6-4-15(19)23-3/h8-9H,4-7,10H2,1-3H3,(H,17,20). The quantitative estimate of drug-likeness (QED) is 0.828. The fourth-order valence-electron chi connectivity index (χ4n) is 2.54. The first-order chi connectivity index (χ1) is 11.1. The van der Waals surface area contributed by atoms with Gasteiger partial charge in [-0.15, -0.1) is 0 Å². The van der Waals surface area contributed by atoms with Crippen LogP contribution in [-0.2, 0) is 22.5 Å². The zero-order chi connectivity index (χ0) is 16.8. The third-order valence-electron chi connectivity index (χ3n) is 3.84. The zero-order valence-electron chi connectivity index (χ0n) is 13.7. The number of rotatable bonds is 5. The zero-order valence-corrected chi connectivity index (χ0v) is 13.7. The predicted octanol–water partition coefficient (Wildman–Crippen LogP) is 1.33. The predicted molar refractivity (Wildman–Crippen MR) is 83.7 cm³/mol. The number of methoxy groups -OCH3 is 3. The molecular formula is C16H22N2O5. The number of esters is 1. The molecule has 0 unspecified atom stereocenters. The minimum absolute atomic E-state index is 0.164. The van der Waals surface area contributed by atoms with E-state index in [1.54, 1.807) is 19.1 Å². The molecule has 1 aliphatic heterocycles. The first-order valence-electron chi connectivity index (χ1n) is 7.42. The van der Waals surface area contributed by atoms with Crippen LogP contribution in [0.25, 0.3) is 0 Å². The minimum atomic E-state index is -0.342. The summed E-state index contributed by atoms with van der Waals surface area (Å²) in [6.45, 7) is 1.38. The van der Waals surface area contributed by atoms with E-state index >= 15 is 0 Å². The van der Waals surface area contributed by atoms with Gasteiger partial charge in [-0.3, -0.25) is 4.79 Å². The Balaban J connectivity index is 1.99. The lowest BCUT2D eigenvalue weighted by Gasteiger charge is -2.29. The number of fused-ring (bicyclic) bond motifs is 1. The van der Waals surface area contributed by atoms with Gasteiger partial charge in [-0.05, 0) is 29.7 Å². The maximum absolute atomic E-state index is 12.2. The van der Waals surface area contributed by atoms with Crippen LogP contribution < -0.4 is 14.8 Å². The summed E-state index contributed by atoms with van der Waals surface area (Å²) >= 11 is 0. The molecular weight excluding hydrogens is 300 g/mol. The highest BCUT2D eigenvalue weighted by atomic mass is 16.5. The molecule has 23 heavy (non-hydrogen) atoms. The van der Waals surface area contributed by atoms with Crippen molar-refractivity contribution in [1.29, 1.82) is 0 Å². The van der Waals surface area contributed by atoms with Gasteiger partial charge in [-0.25, -0.2) is 4.79 Å². The summed E-state index contributed by atoms with van der Waals surface area (Å²) in [6, 6.07) is 3.68. The van der Waals surface area contributed by atoms with Gasteiger partial charge in [0, 0.05) is 19.6 Å². The summed E-state index contributed by atoms with van der Waals surface area (Å²) in [5.41, 5.74) is 2.19. The second-order valence-electron chi connectivity index (χ2n) is 5.21. The smallest absolute Gasteiger partial charge is 0.317 e. The molecule has 0 saturated heterocycles. The van der Waals surface area contributed by atoms with Crippen molar-refractivity contribution >= 4 is 12.0 Å². The van der Waals surface area contributed by atoms with Gasteiger partial charge < -0.3 is 24.4 Å². The molecule has 0 aromatic heterocycles. The molecule has 7 heteroatoms. The third-order valence-corrected chi connectivity index (χ3v) is 3.84. The van der Waals surface area contributed by atoms with Crippen LogP contribution in [0.3, 0.4) is 0 Å². The van der Waals surface area contributed by atoms with Crippen LogP contribution in [0, 0.1) is 0 Å². The van der Waals surface area contributed by atoms with E-state index in [1.165, 1.54) is 7.11 Å². The topological polar surface area (TPSA) is 77.1 Å². The fourth-order valence-corrected chi connectivity index (χ4v) is 2.54. The molecule has 2 rings (SSSR count). The van der Waals surface area contributed by atoms with Gasteiger partial charge in [-0.1, -0.05) is 0 Å². The lowest BCUT2D eigenvalue weighted by molar-refractivity contribution is -0.140. The maximum Gasteiger partial charge on any atom is 0.317 e. The molecule has 0 saturated carbocycles. The van der Waals surface area contributed by atoms with E-state index in [0.29, 0.717) is 24.6 Å². The molecule has 0 fully saturated rings. The van der Waals surface area contributed by atoms with E-state index in [0.717, 1.165) is 17.5 Å². The molecule has 0 aliphatic carbocycles. The van der Waals surface area contributed by atoms with E-state index in [1.807, 2.05) is 12.1 Å². The van der Waals surface area contributed by atoms with E-state index in [-0.39, 0.29) is 25.0 Å². The number of hydrogen-bond donors (Lipinski definition) is 1. The number of amides is 2. The van der Waals surface area contributed by atoms with Crippen LogP contribution in [-0.4, -0.2) is 51.3 Å². The molecule has 126 valence electrons. The maximum atomic E-state index is 12.2. The molecule has 0 bridgehead atoms. The lowest BCUT2D eigenvalue weighted by atomic mass is 9.99. The number of carbonyl (C=O) groups is 2. The molecule has 2 amide bonds. The first kappa shape index (κ1) is 16.9. The Bertz CT molecular complexity index is 588. The fraction of sp³-hybridized carbons (Fsp3) is 0.500. The van der Waals surface area contributed by atoms with Crippen LogP contribution in [0.2, 0.25) is 0 Å². The van der Waals surface area contributed by atoms with Crippen molar-refractivity contribution in [3.05, 3.63) is 23.3 Å². The van der Waals surface area contributed by atoms with Crippen molar-refractivity contribution in [2.24, 2.45) is 0 Å². The molecule has 1 aliphatic rings. The number of carbonyl (C=O) groups excluding carboxylic acids is 2. The Kier molecular flexibility index (Phi) is 5.67. The molecule has 1 N–H and O–H groups in total. The van der Waals surface area contributed by atoms with Crippen LogP contribution in [0.5, 0.6) is 11.5 Å². The van der Waals surface area contributed by atoms with Gasteiger partial charge in [0.2, 0.25) is 0 Å². The number of hydrogen-bond acceptors (Lipinski definition) is 5. The van der Waals surface area contributed by atoms with Crippen molar-refractivity contribution in [2.75, 3.05) is 34.4 Å². The highest BCUT2D eigenvalue weighted by molar-refractivity contribution is 5.76. The lowest BCUT2D eigenvalue weighted by Crippen LogP contribution is -2.43. The van der Waals surface area contributed by atoms with Crippen LogP contribution in [0.15, 0.2) is 12.1 Å². The van der Waals surface area contributed by atoms with Crippen molar-refractivity contribution < 1.29 is 23.8 Å². The highest BCUT2D eigenvalue weighted by Gasteiger charge is 2.22. The number of urea groups is 1. The Labute approximate surface area is 135 Å². The summed E-state index contributed by atoms with van der Waals surface area (Å²) in [7, 11) is 4.52. The molecule has 0 atom stereocenters. The number of ether oxygens (including phenoxy) is 3. The van der Waals surface area contributed by atoms with Crippen molar-refractivity contribution in [1.82, 2.24) is 10.2 Å². The van der Waals surface area contributed by atoms with Gasteiger partial charge in [-0.2, -0.15) is 0 Å². The van der Waals surface area contributed by atoms with Crippen molar-refractivity contribution in [3.8, 4) is 11.5 Å². The average molecular weight is 322 g/mol. The van der Waals surface area contributed by atoms with Crippen molar-refractivity contribution in [3.63, 3.8) is 0 Å². The Morgan fingerprint density at radius 2 is 1.78 bits per heavy atom. The molecule has 0 spiro atoms. The van der Waals surface area contributed by atoms with E-state index < -0.39 is 0 Å². The summed E-state index contributed by atoms with van der Waals surface area (Å²) in [5.74, 6) is 1.01.